The first kappa shape index (κ1) is 21.8. The molecule has 0 bridgehead atoms. The van der Waals surface area contributed by atoms with Crippen molar-refractivity contribution >= 4 is 0 Å². The monoisotopic (exact) mass is 347 g/mol. The number of likely N-dealkylation sites (N-methyl/N-ethyl adjacent to an activating group) is 1. The quantitative estimate of drug-likeness (QED) is 0.449. The summed E-state index contributed by atoms with van der Waals surface area (Å²) < 4.78 is 16.7. The van der Waals surface area contributed by atoms with Gasteiger partial charge in [0.25, 0.3) is 0 Å². The average molecular weight is 348 g/mol. The lowest BCUT2D eigenvalue weighted by Crippen LogP contribution is -2.45. The molecule has 0 aromatic carbocycles. The van der Waals surface area contributed by atoms with E-state index in [-0.39, 0.29) is 1.43 Å². The molecular formula is C18H41N3O3. The van der Waals surface area contributed by atoms with Crippen LogP contribution in [0.2, 0.25) is 0 Å². The molecule has 1 heterocycles. The summed E-state index contributed by atoms with van der Waals surface area (Å²) in [6, 6.07) is 0. The minimum atomic E-state index is 0. The second-order valence-corrected chi connectivity index (χ2v) is 6.70. The molecule has 1 rings (SSSR count). The van der Waals surface area contributed by atoms with Gasteiger partial charge >= 0.3 is 0 Å². The molecule has 6 nitrogen and oxygen atoms in total. The molecule has 0 aliphatic carbocycles. The van der Waals surface area contributed by atoms with Gasteiger partial charge in [-0.3, -0.25) is 4.90 Å². The van der Waals surface area contributed by atoms with Gasteiger partial charge in [0.2, 0.25) is 0 Å². The molecule has 1 fully saturated rings. The maximum absolute atomic E-state index is 5.62. The summed E-state index contributed by atoms with van der Waals surface area (Å²) in [7, 11) is 2.18. The maximum atomic E-state index is 5.62. The third-order valence-electron chi connectivity index (χ3n) is 4.50. The van der Waals surface area contributed by atoms with Crippen LogP contribution < -0.4 is 5.32 Å². The predicted octanol–water partition coefficient (Wildman–Crippen LogP) is 1.17. The topological polar surface area (TPSA) is 46.2 Å². The van der Waals surface area contributed by atoms with Gasteiger partial charge in [0.1, 0.15) is 0 Å². The number of piperazine rings is 1. The molecule has 0 aromatic heterocycles. The Morgan fingerprint density at radius 1 is 0.917 bits per heavy atom. The summed E-state index contributed by atoms with van der Waals surface area (Å²) in [6.07, 6.45) is 1.22. The Morgan fingerprint density at radius 3 is 2.12 bits per heavy atom. The van der Waals surface area contributed by atoms with Crippen molar-refractivity contribution in [1.29, 1.82) is 0 Å². The van der Waals surface area contributed by atoms with E-state index in [4.69, 9.17) is 14.2 Å². The number of hydrogen-bond donors (Lipinski definition) is 1. The largest absolute Gasteiger partial charge is 0.378 e. The highest BCUT2D eigenvalue weighted by molar-refractivity contribution is 4.68. The summed E-state index contributed by atoms with van der Waals surface area (Å²) >= 11 is 0. The fraction of sp³-hybridized carbons (Fsp3) is 1.00. The molecule has 0 saturated carbocycles. The molecule has 1 atom stereocenters. The SMILES string of the molecule is CCC(C)CNCCOCCOCCOCCN1CCN(C)CC1.[HH]. The summed E-state index contributed by atoms with van der Waals surface area (Å²) in [5.74, 6) is 0.740. The fourth-order valence-electron chi connectivity index (χ4n) is 2.44. The van der Waals surface area contributed by atoms with Gasteiger partial charge in [-0.05, 0) is 19.5 Å². The van der Waals surface area contributed by atoms with Crippen LogP contribution in [0.15, 0.2) is 0 Å². The number of ether oxygens (including phenoxy) is 3. The predicted molar refractivity (Wildman–Crippen MR) is 101 cm³/mol. The van der Waals surface area contributed by atoms with Crippen LogP contribution in [0.4, 0.5) is 0 Å². The lowest BCUT2D eigenvalue weighted by molar-refractivity contribution is 0.00891. The summed E-state index contributed by atoms with van der Waals surface area (Å²) in [6.45, 7) is 16.3. The molecule has 0 amide bonds. The van der Waals surface area contributed by atoms with E-state index in [2.05, 4.69) is 36.0 Å². The van der Waals surface area contributed by atoms with Crippen molar-refractivity contribution in [1.82, 2.24) is 15.1 Å². The van der Waals surface area contributed by atoms with Crippen molar-refractivity contribution in [3.8, 4) is 0 Å². The first-order valence-electron chi connectivity index (χ1n) is 9.57. The maximum Gasteiger partial charge on any atom is 0.0701 e. The lowest BCUT2D eigenvalue weighted by atomic mass is 10.1. The number of rotatable bonds is 15. The Morgan fingerprint density at radius 2 is 1.50 bits per heavy atom. The fourth-order valence-corrected chi connectivity index (χ4v) is 2.44. The van der Waals surface area contributed by atoms with E-state index in [0.29, 0.717) is 26.4 Å². The molecule has 1 saturated heterocycles. The average Bonchev–Trinajstić information content (AvgIpc) is 2.60. The van der Waals surface area contributed by atoms with E-state index in [0.717, 1.165) is 64.9 Å². The Hall–Kier alpha value is -0.240. The number of nitrogens with zero attached hydrogens (tertiary/aromatic N) is 2. The number of hydrogen-bond acceptors (Lipinski definition) is 6. The molecule has 1 aliphatic rings. The third kappa shape index (κ3) is 12.2. The second kappa shape index (κ2) is 15.0. The molecule has 6 heteroatoms. The standard InChI is InChI=1S/C18H39N3O3.H2/c1-4-18(2)17-19-5-11-22-13-15-24-16-14-23-12-10-21-8-6-20(3)7-9-21;/h18-19H,4-17H2,1-3H3;1H. The van der Waals surface area contributed by atoms with Crippen LogP contribution in [0, 0.1) is 5.92 Å². The molecular weight excluding hydrogens is 306 g/mol. The molecule has 0 aromatic rings. The molecule has 1 unspecified atom stereocenters. The first-order chi connectivity index (χ1) is 11.7. The van der Waals surface area contributed by atoms with Crippen LogP contribution in [0.1, 0.15) is 21.7 Å². The van der Waals surface area contributed by atoms with Crippen molar-refractivity contribution in [2.75, 3.05) is 92.5 Å². The second-order valence-electron chi connectivity index (χ2n) is 6.70. The molecule has 0 spiro atoms. The van der Waals surface area contributed by atoms with E-state index < -0.39 is 0 Å². The highest BCUT2D eigenvalue weighted by Gasteiger charge is 2.12. The molecule has 24 heavy (non-hydrogen) atoms. The van der Waals surface area contributed by atoms with Crippen molar-refractivity contribution < 1.29 is 15.6 Å². The number of nitrogens with one attached hydrogen (secondary N) is 1. The van der Waals surface area contributed by atoms with Crippen LogP contribution in [-0.4, -0.2) is 102 Å². The van der Waals surface area contributed by atoms with Crippen LogP contribution in [0.25, 0.3) is 0 Å². The normalized spacial score (nSPS) is 18.1. The van der Waals surface area contributed by atoms with Crippen LogP contribution >= 0.6 is 0 Å². The van der Waals surface area contributed by atoms with E-state index in [9.17, 15) is 0 Å². The minimum Gasteiger partial charge on any atom is -0.378 e. The van der Waals surface area contributed by atoms with Crippen molar-refractivity contribution in [2.24, 2.45) is 5.92 Å². The zero-order valence-electron chi connectivity index (χ0n) is 16.1. The van der Waals surface area contributed by atoms with Gasteiger partial charge in [-0.25, -0.2) is 0 Å². The lowest BCUT2D eigenvalue weighted by Gasteiger charge is -2.32. The van der Waals surface area contributed by atoms with Gasteiger partial charge < -0.3 is 24.4 Å². The molecule has 146 valence electrons. The van der Waals surface area contributed by atoms with Gasteiger partial charge in [-0.15, -0.1) is 0 Å². The zero-order chi connectivity index (χ0) is 17.5. The van der Waals surface area contributed by atoms with Gasteiger partial charge in [0.15, 0.2) is 0 Å². The molecule has 0 radical (unpaired) electrons. The van der Waals surface area contributed by atoms with E-state index in [1.165, 1.54) is 6.42 Å². The Balaban J connectivity index is 0.00000576. The summed E-state index contributed by atoms with van der Waals surface area (Å²) in [5, 5.41) is 3.40. The summed E-state index contributed by atoms with van der Waals surface area (Å²) in [4.78, 5) is 4.83. The summed E-state index contributed by atoms with van der Waals surface area (Å²) in [5.41, 5.74) is 0. The Kier molecular flexibility index (Phi) is 13.7. The van der Waals surface area contributed by atoms with Gasteiger partial charge in [-0.1, -0.05) is 20.3 Å². The smallest absolute Gasteiger partial charge is 0.0701 e. The van der Waals surface area contributed by atoms with Gasteiger partial charge in [0.05, 0.1) is 39.6 Å². The minimum absolute atomic E-state index is 0. The van der Waals surface area contributed by atoms with Gasteiger partial charge in [0, 0.05) is 40.7 Å². The van der Waals surface area contributed by atoms with Crippen molar-refractivity contribution in [3.05, 3.63) is 0 Å². The first-order valence-corrected chi connectivity index (χ1v) is 9.57. The van der Waals surface area contributed by atoms with Gasteiger partial charge in [-0.2, -0.15) is 0 Å². The van der Waals surface area contributed by atoms with Crippen molar-refractivity contribution in [3.63, 3.8) is 0 Å². The van der Waals surface area contributed by atoms with Crippen LogP contribution in [0.5, 0.6) is 0 Å². The van der Waals surface area contributed by atoms with E-state index in [1.807, 2.05) is 0 Å². The van der Waals surface area contributed by atoms with Crippen molar-refractivity contribution in [2.45, 2.75) is 20.3 Å². The highest BCUT2D eigenvalue weighted by atomic mass is 16.5. The van der Waals surface area contributed by atoms with E-state index in [1.54, 1.807) is 0 Å². The zero-order valence-corrected chi connectivity index (χ0v) is 16.1. The molecule has 1 N–H and O–H groups in total. The Labute approximate surface area is 150 Å². The highest BCUT2D eigenvalue weighted by Crippen LogP contribution is 1.98. The van der Waals surface area contributed by atoms with Crippen LogP contribution in [-0.2, 0) is 14.2 Å². The van der Waals surface area contributed by atoms with E-state index >= 15 is 0 Å². The molecule has 1 aliphatic heterocycles. The third-order valence-corrected chi connectivity index (χ3v) is 4.50. The van der Waals surface area contributed by atoms with Crippen LogP contribution in [0.3, 0.4) is 0 Å². The Bertz CT molecular complexity index is 280.